The Morgan fingerprint density at radius 3 is 2.84 bits per heavy atom. The van der Waals surface area contributed by atoms with E-state index in [9.17, 15) is 4.79 Å². The number of amides is 1. The van der Waals surface area contributed by atoms with Gasteiger partial charge in [0.25, 0.3) is 0 Å². The van der Waals surface area contributed by atoms with Crippen LogP contribution in [0.4, 0.5) is 5.69 Å². The molecular formula is C16H19NO2. The molecule has 1 fully saturated rings. The smallest absolute Gasteiger partial charge is 0.228 e. The summed E-state index contributed by atoms with van der Waals surface area (Å²) in [4.78, 5) is 12.4. The van der Waals surface area contributed by atoms with Crippen molar-refractivity contribution < 1.29 is 9.53 Å². The van der Waals surface area contributed by atoms with Gasteiger partial charge in [0.1, 0.15) is 5.75 Å². The molecule has 1 amide bonds. The number of nitrogens with one attached hydrogen (secondary N) is 1. The number of fused-ring (bicyclic) bond motifs is 2. The molecule has 1 N–H and O–H groups in total. The van der Waals surface area contributed by atoms with Crippen LogP contribution in [0.5, 0.6) is 5.75 Å². The van der Waals surface area contributed by atoms with Gasteiger partial charge in [0, 0.05) is 5.92 Å². The molecule has 3 rings (SSSR count). The van der Waals surface area contributed by atoms with Crippen molar-refractivity contribution in [3.63, 3.8) is 0 Å². The van der Waals surface area contributed by atoms with Crippen molar-refractivity contribution in [3.8, 4) is 5.75 Å². The lowest BCUT2D eigenvalue weighted by Gasteiger charge is -2.18. The van der Waals surface area contributed by atoms with Gasteiger partial charge in [0.2, 0.25) is 5.91 Å². The Kier molecular flexibility index (Phi) is 3.28. The first kappa shape index (κ1) is 12.3. The van der Waals surface area contributed by atoms with Crippen LogP contribution >= 0.6 is 0 Å². The Morgan fingerprint density at radius 2 is 2.16 bits per heavy atom. The highest BCUT2D eigenvalue weighted by Gasteiger charge is 2.39. The summed E-state index contributed by atoms with van der Waals surface area (Å²) in [6.07, 6.45) is 6.59. The van der Waals surface area contributed by atoms with E-state index in [0.717, 1.165) is 24.3 Å². The highest BCUT2D eigenvalue weighted by Crippen LogP contribution is 2.44. The molecule has 0 aliphatic heterocycles. The Labute approximate surface area is 113 Å². The first-order valence-corrected chi connectivity index (χ1v) is 6.99. The van der Waals surface area contributed by atoms with E-state index in [0.29, 0.717) is 18.4 Å². The summed E-state index contributed by atoms with van der Waals surface area (Å²) in [5.41, 5.74) is 0.779. The number of allylic oxidation sites excluding steroid dienone is 2. The molecule has 0 aromatic heterocycles. The molecule has 3 unspecified atom stereocenters. The molecule has 0 radical (unpaired) electrons. The molecule has 1 aromatic carbocycles. The quantitative estimate of drug-likeness (QED) is 0.841. The van der Waals surface area contributed by atoms with E-state index in [2.05, 4.69) is 17.5 Å². The first-order valence-electron chi connectivity index (χ1n) is 6.99. The number of carbonyl (C=O) groups excluding carboxylic acids is 1. The second-order valence-electron chi connectivity index (χ2n) is 5.31. The van der Waals surface area contributed by atoms with E-state index in [4.69, 9.17) is 4.74 Å². The number of hydrogen-bond donors (Lipinski definition) is 1. The van der Waals surface area contributed by atoms with Gasteiger partial charge >= 0.3 is 0 Å². The third kappa shape index (κ3) is 2.37. The van der Waals surface area contributed by atoms with Crippen LogP contribution < -0.4 is 10.1 Å². The van der Waals surface area contributed by atoms with E-state index in [-0.39, 0.29) is 11.8 Å². The van der Waals surface area contributed by atoms with E-state index >= 15 is 0 Å². The van der Waals surface area contributed by atoms with E-state index in [1.165, 1.54) is 0 Å². The van der Waals surface area contributed by atoms with Gasteiger partial charge in [0.05, 0.1) is 12.3 Å². The number of benzene rings is 1. The Hall–Kier alpha value is -1.77. The average Bonchev–Trinajstić information content (AvgIpc) is 3.03. The van der Waals surface area contributed by atoms with Crippen molar-refractivity contribution in [1.82, 2.24) is 0 Å². The maximum atomic E-state index is 12.4. The van der Waals surface area contributed by atoms with Crippen LogP contribution in [0.15, 0.2) is 36.4 Å². The third-order valence-corrected chi connectivity index (χ3v) is 4.06. The van der Waals surface area contributed by atoms with Crippen molar-refractivity contribution in [2.24, 2.45) is 17.8 Å². The molecule has 0 spiro atoms. The zero-order valence-electron chi connectivity index (χ0n) is 11.1. The van der Waals surface area contributed by atoms with Crippen molar-refractivity contribution in [3.05, 3.63) is 36.4 Å². The fourth-order valence-corrected chi connectivity index (χ4v) is 3.16. The van der Waals surface area contributed by atoms with Gasteiger partial charge in [-0.1, -0.05) is 24.3 Å². The lowest BCUT2D eigenvalue weighted by molar-refractivity contribution is -0.120. The van der Waals surface area contributed by atoms with Crippen LogP contribution in [0.3, 0.4) is 0 Å². The third-order valence-electron chi connectivity index (χ3n) is 4.06. The van der Waals surface area contributed by atoms with Crippen molar-refractivity contribution >= 4 is 11.6 Å². The predicted molar refractivity (Wildman–Crippen MR) is 75.1 cm³/mol. The summed E-state index contributed by atoms with van der Waals surface area (Å²) >= 11 is 0. The number of carbonyl (C=O) groups is 1. The van der Waals surface area contributed by atoms with Gasteiger partial charge in [0.15, 0.2) is 0 Å². The van der Waals surface area contributed by atoms with Crippen molar-refractivity contribution in [2.75, 3.05) is 11.9 Å². The Bertz CT molecular complexity index is 509. The fraction of sp³-hybridized carbons (Fsp3) is 0.438. The number of rotatable bonds is 4. The standard InChI is InChI=1S/C16H19NO2/c1-2-19-15-6-4-3-5-14(15)17-16(18)13-10-11-7-8-12(13)9-11/h3-8,11-13H,2,9-10H2,1H3,(H,17,18). The zero-order chi connectivity index (χ0) is 13.2. The molecule has 3 heteroatoms. The van der Waals surface area contributed by atoms with Crippen LogP contribution in [0.1, 0.15) is 19.8 Å². The minimum Gasteiger partial charge on any atom is -0.492 e. The summed E-state index contributed by atoms with van der Waals surface area (Å²) < 4.78 is 5.53. The van der Waals surface area contributed by atoms with E-state index in [1.807, 2.05) is 31.2 Å². The molecule has 19 heavy (non-hydrogen) atoms. The van der Waals surface area contributed by atoms with Crippen LogP contribution in [-0.2, 0) is 4.79 Å². The molecule has 100 valence electrons. The molecule has 2 aliphatic carbocycles. The molecule has 0 heterocycles. The van der Waals surface area contributed by atoms with Gasteiger partial charge in [-0.3, -0.25) is 4.79 Å². The zero-order valence-corrected chi connectivity index (χ0v) is 11.1. The predicted octanol–water partition coefficient (Wildman–Crippen LogP) is 3.24. The topological polar surface area (TPSA) is 38.3 Å². The minimum absolute atomic E-state index is 0.129. The van der Waals surface area contributed by atoms with Crippen LogP contribution in [0, 0.1) is 17.8 Å². The van der Waals surface area contributed by atoms with Crippen LogP contribution in [0.25, 0.3) is 0 Å². The number of ether oxygens (including phenoxy) is 1. The van der Waals surface area contributed by atoms with Gasteiger partial charge in [-0.25, -0.2) is 0 Å². The van der Waals surface area contributed by atoms with E-state index in [1.54, 1.807) is 0 Å². The fourth-order valence-electron chi connectivity index (χ4n) is 3.16. The lowest BCUT2D eigenvalue weighted by atomic mass is 9.93. The SMILES string of the molecule is CCOc1ccccc1NC(=O)C1CC2C=CC1C2. The molecule has 2 aliphatic rings. The number of anilines is 1. The maximum Gasteiger partial charge on any atom is 0.228 e. The van der Waals surface area contributed by atoms with Crippen LogP contribution in [-0.4, -0.2) is 12.5 Å². The normalized spacial score (nSPS) is 27.5. The summed E-state index contributed by atoms with van der Waals surface area (Å²) in [5, 5.41) is 3.02. The highest BCUT2D eigenvalue weighted by atomic mass is 16.5. The second kappa shape index (κ2) is 5.08. The van der Waals surface area contributed by atoms with Gasteiger partial charge in [-0.15, -0.1) is 0 Å². The first-order chi connectivity index (χ1) is 9.28. The van der Waals surface area contributed by atoms with Crippen molar-refractivity contribution in [2.45, 2.75) is 19.8 Å². The number of para-hydroxylation sites is 2. The molecular weight excluding hydrogens is 238 g/mol. The van der Waals surface area contributed by atoms with Crippen LogP contribution in [0.2, 0.25) is 0 Å². The minimum atomic E-state index is 0.129. The largest absolute Gasteiger partial charge is 0.492 e. The molecule has 0 saturated heterocycles. The Balaban J connectivity index is 1.71. The van der Waals surface area contributed by atoms with Gasteiger partial charge in [-0.05, 0) is 43.7 Å². The van der Waals surface area contributed by atoms with Gasteiger partial charge < -0.3 is 10.1 Å². The number of hydrogen-bond acceptors (Lipinski definition) is 2. The van der Waals surface area contributed by atoms with Crippen molar-refractivity contribution in [1.29, 1.82) is 0 Å². The summed E-state index contributed by atoms with van der Waals surface area (Å²) in [5.74, 6) is 2.05. The lowest BCUT2D eigenvalue weighted by Crippen LogP contribution is -2.26. The van der Waals surface area contributed by atoms with E-state index < -0.39 is 0 Å². The molecule has 1 aromatic rings. The average molecular weight is 257 g/mol. The highest BCUT2D eigenvalue weighted by molar-refractivity contribution is 5.94. The molecule has 1 saturated carbocycles. The summed E-state index contributed by atoms with van der Waals surface area (Å²) in [7, 11) is 0. The summed E-state index contributed by atoms with van der Waals surface area (Å²) in [6, 6.07) is 7.62. The second-order valence-corrected chi connectivity index (χ2v) is 5.31. The monoisotopic (exact) mass is 257 g/mol. The molecule has 3 nitrogen and oxygen atoms in total. The Morgan fingerprint density at radius 1 is 1.32 bits per heavy atom. The molecule has 2 bridgehead atoms. The summed E-state index contributed by atoms with van der Waals surface area (Å²) in [6.45, 7) is 2.54. The van der Waals surface area contributed by atoms with Gasteiger partial charge in [-0.2, -0.15) is 0 Å². The molecule has 3 atom stereocenters. The maximum absolute atomic E-state index is 12.4.